The van der Waals surface area contributed by atoms with Crippen molar-refractivity contribution in [3.05, 3.63) is 66.7 Å². The molecular weight excluding hydrogens is 461 g/mol. The van der Waals surface area contributed by atoms with Crippen molar-refractivity contribution in [3.63, 3.8) is 0 Å². The van der Waals surface area contributed by atoms with Gasteiger partial charge in [-0.15, -0.1) is 0 Å². The second kappa shape index (κ2) is 10.6. The maximum atomic E-state index is 13.3. The molecule has 2 aromatic heterocycles. The summed E-state index contributed by atoms with van der Waals surface area (Å²) >= 11 is 0. The Morgan fingerprint density at radius 1 is 1.00 bits per heavy atom. The molecule has 2 N–H and O–H groups in total. The van der Waals surface area contributed by atoms with Crippen LogP contribution in [0.25, 0.3) is 22.3 Å². The van der Waals surface area contributed by atoms with Crippen LogP contribution in [0.1, 0.15) is 27.7 Å². The molecule has 0 saturated heterocycles. The fourth-order valence-corrected chi connectivity index (χ4v) is 3.50. The molecular formula is C27H28FN5O3. The molecule has 0 aliphatic heterocycles. The number of pyridine rings is 1. The van der Waals surface area contributed by atoms with Crippen LogP contribution in [0.3, 0.4) is 0 Å². The molecule has 0 spiro atoms. The van der Waals surface area contributed by atoms with Gasteiger partial charge in [0.25, 0.3) is 5.91 Å². The van der Waals surface area contributed by atoms with Gasteiger partial charge in [-0.1, -0.05) is 12.1 Å². The van der Waals surface area contributed by atoms with E-state index in [-0.39, 0.29) is 18.1 Å². The average Bonchev–Trinajstić information content (AvgIpc) is 2.83. The van der Waals surface area contributed by atoms with Crippen molar-refractivity contribution in [2.75, 3.05) is 18.5 Å². The zero-order chi connectivity index (χ0) is 25.7. The molecule has 8 nitrogen and oxygen atoms in total. The zero-order valence-corrected chi connectivity index (χ0v) is 20.6. The lowest BCUT2D eigenvalue weighted by Crippen LogP contribution is -2.43. The van der Waals surface area contributed by atoms with Crippen LogP contribution in [0.2, 0.25) is 0 Å². The van der Waals surface area contributed by atoms with Gasteiger partial charge in [0.2, 0.25) is 5.95 Å². The Kier molecular flexibility index (Phi) is 7.28. The zero-order valence-electron chi connectivity index (χ0n) is 20.6. The van der Waals surface area contributed by atoms with Crippen LogP contribution in [0.4, 0.5) is 15.9 Å². The van der Waals surface area contributed by atoms with Crippen LogP contribution in [0.5, 0.6) is 11.5 Å². The van der Waals surface area contributed by atoms with E-state index < -0.39 is 5.95 Å². The van der Waals surface area contributed by atoms with Crippen molar-refractivity contribution < 1.29 is 18.7 Å². The normalized spacial score (nSPS) is 11.2. The molecule has 1 amide bonds. The van der Waals surface area contributed by atoms with E-state index in [1.54, 1.807) is 18.2 Å². The predicted octanol–water partition coefficient (Wildman–Crippen LogP) is 5.27. The van der Waals surface area contributed by atoms with Gasteiger partial charge in [-0.2, -0.15) is 4.39 Å². The Morgan fingerprint density at radius 2 is 1.81 bits per heavy atom. The third-order valence-electron chi connectivity index (χ3n) is 4.94. The lowest BCUT2D eigenvalue weighted by atomic mass is 10.1. The number of carbonyl (C=O) groups excluding carboxylic acids is 1. The first-order valence-electron chi connectivity index (χ1n) is 11.6. The summed E-state index contributed by atoms with van der Waals surface area (Å²) in [7, 11) is 0. The quantitative estimate of drug-likeness (QED) is 0.326. The lowest BCUT2D eigenvalue weighted by Gasteiger charge is -2.20. The molecule has 0 unspecified atom stereocenters. The van der Waals surface area contributed by atoms with Crippen molar-refractivity contribution in [3.8, 4) is 22.9 Å². The number of fused-ring (bicyclic) bond motifs is 1. The topological polar surface area (TPSA) is 98.3 Å². The average molecular weight is 490 g/mol. The number of hydrogen-bond acceptors (Lipinski definition) is 7. The van der Waals surface area contributed by atoms with Crippen molar-refractivity contribution in [1.82, 2.24) is 20.3 Å². The number of aromatic nitrogens is 3. The number of amides is 1. The number of nitrogens with zero attached hydrogens (tertiary/aromatic N) is 3. The van der Waals surface area contributed by atoms with Crippen molar-refractivity contribution in [2.45, 2.75) is 33.2 Å². The number of rotatable bonds is 8. The second-order valence-corrected chi connectivity index (χ2v) is 9.12. The van der Waals surface area contributed by atoms with Crippen LogP contribution in [-0.2, 0) is 4.79 Å². The van der Waals surface area contributed by atoms with E-state index in [1.165, 1.54) is 12.3 Å². The van der Waals surface area contributed by atoms with E-state index >= 15 is 0 Å². The molecule has 2 aromatic carbocycles. The molecule has 0 atom stereocenters. The number of benzene rings is 2. The van der Waals surface area contributed by atoms with Crippen molar-refractivity contribution in [1.29, 1.82) is 0 Å². The third kappa shape index (κ3) is 6.44. The van der Waals surface area contributed by atoms with E-state index in [0.29, 0.717) is 46.5 Å². The Morgan fingerprint density at radius 3 is 2.53 bits per heavy atom. The SMILES string of the molecule is CCOc1ccc2nc(-c3cccc(OCC(=O)NC(C)(C)C)c3)nc(Nc3ccc(F)nc3)c2c1. The lowest BCUT2D eigenvalue weighted by molar-refractivity contribution is -0.124. The Balaban J connectivity index is 1.67. The maximum absolute atomic E-state index is 13.3. The third-order valence-corrected chi connectivity index (χ3v) is 4.94. The first-order chi connectivity index (χ1) is 17.2. The number of ether oxygens (including phenoxy) is 2. The molecule has 0 aliphatic rings. The maximum Gasteiger partial charge on any atom is 0.258 e. The largest absolute Gasteiger partial charge is 0.494 e. The molecule has 9 heteroatoms. The minimum absolute atomic E-state index is 0.107. The second-order valence-electron chi connectivity index (χ2n) is 9.12. The van der Waals surface area contributed by atoms with Gasteiger partial charge in [0, 0.05) is 16.5 Å². The van der Waals surface area contributed by atoms with Crippen LogP contribution in [-0.4, -0.2) is 39.6 Å². The van der Waals surface area contributed by atoms with Gasteiger partial charge >= 0.3 is 0 Å². The molecule has 186 valence electrons. The molecule has 4 aromatic rings. The highest BCUT2D eigenvalue weighted by molar-refractivity contribution is 5.93. The van der Waals surface area contributed by atoms with Gasteiger partial charge in [-0.25, -0.2) is 15.0 Å². The summed E-state index contributed by atoms with van der Waals surface area (Å²) in [5.74, 6) is 1.39. The summed E-state index contributed by atoms with van der Waals surface area (Å²) in [5, 5.41) is 6.81. The van der Waals surface area contributed by atoms with Crippen LogP contribution < -0.4 is 20.1 Å². The van der Waals surface area contributed by atoms with Gasteiger partial charge in [-0.05, 0) is 70.2 Å². The first kappa shape index (κ1) is 24.8. The first-order valence-corrected chi connectivity index (χ1v) is 11.6. The fourth-order valence-electron chi connectivity index (χ4n) is 3.50. The van der Waals surface area contributed by atoms with Crippen LogP contribution >= 0.6 is 0 Å². The Labute approximate surface area is 208 Å². The molecule has 2 heterocycles. The molecule has 4 rings (SSSR count). The van der Waals surface area contributed by atoms with E-state index in [4.69, 9.17) is 19.4 Å². The molecule has 0 radical (unpaired) electrons. The monoisotopic (exact) mass is 489 g/mol. The fraction of sp³-hybridized carbons (Fsp3) is 0.259. The molecule has 0 bridgehead atoms. The van der Waals surface area contributed by atoms with Crippen LogP contribution in [0, 0.1) is 5.95 Å². The van der Waals surface area contributed by atoms with Gasteiger partial charge in [-0.3, -0.25) is 4.79 Å². The minimum atomic E-state index is -0.569. The van der Waals surface area contributed by atoms with Crippen molar-refractivity contribution >= 4 is 28.3 Å². The van der Waals surface area contributed by atoms with E-state index in [1.807, 2.05) is 58.0 Å². The minimum Gasteiger partial charge on any atom is -0.494 e. The number of nitrogens with one attached hydrogen (secondary N) is 2. The Hall–Kier alpha value is -4.27. The summed E-state index contributed by atoms with van der Waals surface area (Å²) in [5.41, 5.74) is 1.63. The van der Waals surface area contributed by atoms with E-state index in [9.17, 15) is 9.18 Å². The van der Waals surface area contributed by atoms with E-state index in [2.05, 4.69) is 15.6 Å². The molecule has 0 saturated carbocycles. The molecule has 36 heavy (non-hydrogen) atoms. The standard InChI is InChI=1S/C27H28FN5O3/c1-5-35-20-10-11-22-21(14-20)26(30-18-9-12-23(28)29-15-18)32-25(31-22)17-7-6-8-19(13-17)36-16-24(34)33-27(2,3)4/h6-15H,5,16H2,1-4H3,(H,33,34)(H,30,31,32). The summed E-state index contributed by atoms with van der Waals surface area (Å²) in [6.07, 6.45) is 1.40. The predicted molar refractivity (Wildman–Crippen MR) is 137 cm³/mol. The van der Waals surface area contributed by atoms with Gasteiger partial charge in [0.05, 0.1) is 24.0 Å². The smallest absolute Gasteiger partial charge is 0.258 e. The number of hydrogen-bond donors (Lipinski definition) is 2. The highest BCUT2D eigenvalue weighted by atomic mass is 19.1. The number of carbonyl (C=O) groups is 1. The summed E-state index contributed by atoms with van der Waals surface area (Å²) in [6.45, 7) is 8.06. The van der Waals surface area contributed by atoms with Gasteiger partial charge in [0.1, 0.15) is 17.3 Å². The molecule has 0 fully saturated rings. The highest BCUT2D eigenvalue weighted by Gasteiger charge is 2.15. The summed E-state index contributed by atoms with van der Waals surface area (Å²) in [4.78, 5) is 25.3. The summed E-state index contributed by atoms with van der Waals surface area (Å²) < 4.78 is 24.7. The van der Waals surface area contributed by atoms with Gasteiger partial charge < -0.3 is 20.1 Å². The number of anilines is 2. The molecule has 0 aliphatic carbocycles. The van der Waals surface area contributed by atoms with E-state index in [0.717, 1.165) is 5.39 Å². The number of halogens is 1. The highest BCUT2D eigenvalue weighted by Crippen LogP contribution is 2.31. The van der Waals surface area contributed by atoms with Crippen molar-refractivity contribution in [2.24, 2.45) is 0 Å². The van der Waals surface area contributed by atoms with Crippen LogP contribution in [0.15, 0.2) is 60.8 Å². The summed E-state index contributed by atoms with van der Waals surface area (Å²) in [6, 6.07) is 15.6. The van der Waals surface area contributed by atoms with Gasteiger partial charge in [0.15, 0.2) is 12.4 Å². The Bertz CT molecular complexity index is 1370.